The number of ether oxygens (including phenoxy) is 6. The van der Waals surface area contributed by atoms with Gasteiger partial charge in [0.1, 0.15) is 73.2 Å². The van der Waals surface area contributed by atoms with Crippen LogP contribution in [0.25, 0.3) is 0 Å². The molecule has 0 aromatic rings. The highest BCUT2D eigenvalue weighted by molar-refractivity contribution is 5.76. The van der Waals surface area contributed by atoms with Crippen LogP contribution in [0.4, 0.5) is 0 Å². The second-order valence-electron chi connectivity index (χ2n) is 30.3. The van der Waals surface area contributed by atoms with Crippen LogP contribution in [-0.4, -0.2) is 193 Å². The van der Waals surface area contributed by atoms with Gasteiger partial charge in [0.15, 0.2) is 18.9 Å². The van der Waals surface area contributed by atoms with Gasteiger partial charge in [0.25, 0.3) is 0 Å². The first-order chi connectivity index (χ1) is 52.3. The molecule has 0 aromatic heterocycles. The molecule has 0 spiro atoms. The molecule has 3 saturated heterocycles. The topological polar surface area (TPSA) is 307 Å². The third-order valence-corrected chi connectivity index (χ3v) is 20.9. The number of carbonyl (C=O) groups is 1. The van der Waals surface area contributed by atoms with Crippen molar-refractivity contribution in [2.24, 2.45) is 0 Å². The molecule has 3 rings (SSSR count). The minimum atomic E-state index is -1.98. The van der Waals surface area contributed by atoms with E-state index in [2.05, 4.69) is 116 Å². The van der Waals surface area contributed by atoms with Gasteiger partial charge in [-0.15, -0.1) is 0 Å². The molecular formula is C88H155NO18. The maximum Gasteiger partial charge on any atom is 0.220 e. The van der Waals surface area contributed by atoms with E-state index in [1.54, 1.807) is 0 Å². The molecule has 0 radical (unpaired) electrons. The lowest BCUT2D eigenvalue weighted by atomic mass is 9.96. The number of allylic oxidation sites excluding steroid dienone is 16. The van der Waals surface area contributed by atoms with Crippen molar-refractivity contribution in [3.05, 3.63) is 97.2 Å². The van der Waals surface area contributed by atoms with Gasteiger partial charge in [0.2, 0.25) is 5.91 Å². The van der Waals surface area contributed by atoms with Gasteiger partial charge in [-0.05, 0) is 77.0 Å². The van der Waals surface area contributed by atoms with Crippen molar-refractivity contribution in [2.45, 2.75) is 426 Å². The predicted octanol–water partition coefficient (Wildman–Crippen LogP) is 15.5. The number of hydrogen-bond acceptors (Lipinski definition) is 18. The van der Waals surface area contributed by atoms with Crippen molar-refractivity contribution in [1.29, 1.82) is 0 Å². The fourth-order valence-electron chi connectivity index (χ4n) is 14.1. The summed E-state index contributed by atoms with van der Waals surface area (Å²) in [6, 6.07) is -0.896. The fraction of sp³-hybridized carbons (Fsp3) is 0.807. The second kappa shape index (κ2) is 67.2. The van der Waals surface area contributed by atoms with Crippen LogP contribution in [0.1, 0.15) is 322 Å². The largest absolute Gasteiger partial charge is 0.394 e. The SMILES string of the molecule is CC/C=C\C/C=C\C/C=C\C/C=C\C/C=C\C/C=C\C/C=C\C/C=C\CCCCCCCCCCCCCCC(=O)NC(COC1OC(CO)C(OC2OC(CO)C(OC3OC(CO)C(O)C(O)C3O)C(O)C2O)C(O)C1O)C(O)CCCCCCCCCCCCCCCCCCCCCCCCCCC. The van der Waals surface area contributed by atoms with Crippen molar-refractivity contribution >= 4 is 5.91 Å². The average Bonchev–Trinajstić information content (AvgIpc) is 0.781. The smallest absolute Gasteiger partial charge is 0.220 e. The van der Waals surface area contributed by atoms with Crippen LogP contribution in [0.3, 0.4) is 0 Å². The summed E-state index contributed by atoms with van der Waals surface area (Å²) in [7, 11) is 0. The lowest BCUT2D eigenvalue weighted by Gasteiger charge is -2.48. The first-order valence-corrected chi connectivity index (χ1v) is 43.0. The highest BCUT2D eigenvalue weighted by atomic mass is 16.8. The van der Waals surface area contributed by atoms with Crippen LogP contribution in [0, 0.1) is 0 Å². The average molecular weight is 1520 g/mol. The van der Waals surface area contributed by atoms with E-state index in [4.69, 9.17) is 28.4 Å². The molecule has 17 atom stereocenters. The van der Waals surface area contributed by atoms with Crippen molar-refractivity contribution in [3.63, 3.8) is 0 Å². The maximum absolute atomic E-state index is 13.5. The lowest BCUT2D eigenvalue weighted by Crippen LogP contribution is -2.66. The number of hydrogen-bond donors (Lipinski definition) is 12. The fourth-order valence-corrected chi connectivity index (χ4v) is 14.1. The van der Waals surface area contributed by atoms with E-state index >= 15 is 0 Å². The van der Waals surface area contributed by atoms with Crippen LogP contribution in [-0.2, 0) is 33.2 Å². The van der Waals surface area contributed by atoms with Gasteiger partial charge in [-0.25, -0.2) is 0 Å². The monoisotopic (exact) mass is 1510 g/mol. The molecule has 0 bridgehead atoms. The Morgan fingerprint density at radius 3 is 1.01 bits per heavy atom. The van der Waals surface area contributed by atoms with Gasteiger partial charge in [-0.1, -0.05) is 336 Å². The van der Waals surface area contributed by atoms with Gasteiger partial charge in [-0.3, -0.25) is 4.79 Å². The molecule has 19 nitrogen and oxygen atoms in total. The summed E-state index contributed by atoms with van der Waals surface area (Å²) in [6.07, 6.45) is 64.9. The van der Waals surface area contributed by atoms with Crippen LogP contribution in [0.15, 0.2) is 97.2 Å². The third-order valence-electron chi connectivity index (χ3n) is 20.9. The van der Waals surface area contributed by atoms with Gasteiger partial charge < -0.3 is 89.9 Å². The Balaban J connectivity index is 1.34. The van der Waals surface area contributed by atoms with Gasteiger partial charge in [-0.2, -0.15) is 0 Å². The van der Waals surface area contributed by atoms with Gasteiger partial charge in [0.05, 0.1) is 38.6 Å². The second-order valence-corrected chi connectivity index (χ2v) is 30.3. The minimum absolute atomic E-state index is 0.244. The predicted molar refractivity (Wildman–Crippen MR) is 429 cm³/mol. The number of carbonyl (C=O) groups excluding carboxylic acids is 1. The molecule has 620 valence electrons. The summed E-state index contributed by atoms with van der Waals surface area (Å²) in [5.74, 6) is -0.244. The van der Waals surface area contributed by atoms with Crippen molar-refractivity contribution < 1.29 is 89.4 Å². The molecule has 17 unspecified atom stereocenters. The molecule has 12 N–H and O–H groups in total. The summed E-state index contributed by atoms with van der Waals surface area (Å²) in [6.45, 7) is 1.72. The first-order valence-electron chi connectivity index (χ1n) is 43.0. The normalized spacial score (nSPS) is 26.0. The molecule has 0 saturated carbocycles. The summed E-state index contributed by atoms with van der Waals surface area (Å²) in [5.41, 5.74) is 0. The molecule has 1 amide bonds. The van der Waals surface area contributed by atoms with Crippen molar-refractivity contribution in [2.75, 3.05) is 26.4 Å². The Hall–Kier alpha value is -3.29. The third kappa shape index (κ3) is 46.5. The van der Waals surface area contributed by atoms with E-state index in [1.807, 2.05) is 0 Å². The Labute approximate surface area is 647 Å². The molecule has 3 fully saturated rings. The lowest BCUT2D eigenvalue weighted by molar-refractivity contribution is -0.379. The zero-order chi connectivity index (χ0) is 77.4. The van der Waals surface area contributed by atoms with E-state index in [-0.39, 0.29) is 18.9 Å². The summed E-state index contributed by atoms with van der Waals surface area (Å²) >= 11 is 0. The van der Waals surface area contributed by atoms with E-state index in [0.29, 0.717) is 12.8 Å². The highest BCUT2D eigenvalue weighted by Gasteiger charge is 2.54. The quantitative estimate of drug-likeness (QED) is 0.0199. The maximum atomic E-state index is 13.5. The molecule has 107 heavy (non-hydrogen) atoms. The number of unbranched alkanes of at least 4 members (excludes halogenated alkanes) is 36. The number of amides is 1. The Bertz CT molecular complexity index is 2310. The minimum Gasteiger partial charge on any atom is -0.394 e. The van der Waals surface area contributed by atoms with E-state index < -0.39 is 124 Å². The van der Waals surface area contributed by atoms with E-state index in [0.717, 1.165) is 103 Å². The van der Waals surface area contributed by atoms with Crippen LogP contribution in [0.2, 0.25) is 0 Å². The first kappa shape index (κ1) is 97.9. The Morgan fingerprint density at radius 1 is 0.346 bits per heavy atom. The summed E-state index contributed by atoms with van der Waals surface area (Å²) in [5, 5.41) is 121. The molecular weight excluding hydrogens is 1360 g/mol. The molecule has 0 aromatic carbocycles. The number of rotatable bonds is 68. The zero-order valence-electron chi connectivity index (χ0n) is 66.6. The summed E-state index contributed by atoms with van der Waals surface area (Å²) < 4.78 is 34.6. The number of aliphatic hydroxyl groups excluding tert-OH is 11. The Kier molecular flexibility index (Phi) is 61.5. The molecule has 3 aliphatic rings. The highest BCUT2D eigenvalue weighted by Crippen LogP contribution is 2.33. The van der Waals surface area contributed by atoms with Crippen LogP contribution in [0.5, 0.6) is 0 Å². The van der Waals surface area contributed by atoms with Crippen LogP contribution < -0.4 is 5.32 Å². The number of nitrogens with one attached hydrogen (secondary N) is 1. The molecule has 0 aliphatic carbocycles. The standard InChI is InChI=1S/C88H155NO18/c1-3-5-7-9-11-13-15-17-19-21-23-25-27-29-30-31-32-33-34-35-36-37-38-39-40-42-44-46-48-50-52-54-56-58-60-62-64-66-76(94)89-71(72(93)65-63-61-59-57-55-53-51-49-47-45-43-41-28-26-24-22-20-18-16-14-12-10-8-6-4-2)70-102-86-82(100)79(97)84(74(68-91)104-86)107-88-83(101)80(98)85(75(69-92)105-88)106-87-81(99)78(96)77(95)73(67-90)103-87/h5,7,11,13,17,19,23,25,29-30,32-33,35-36,38-39,71-75,77-88,90-93,95-101H,3-4,6,8-10,12,14-16,18,20-22,24,26-28,31,34,37,40-70H2,1-2H3,(H,89,94)/b7-5-,13-11-,19-17-,25-23-,30-29-,33-32-,36-35-,39-38-. The molecule has 3 aliphatic heterocycles. The molecule has 19 heteroatoms. The summed E-state index contributed by atoms with van der Waals surface area (Å²) in [4.78, 5) is 13.5. The van der Waals surface area contributed by atoms with Crippen molar-refractivity contribution in [3.8, 4) is 0 Å². The van der Waals surface area contributed by atoms with Gasteiger partial charge >= 0.3 is 0 Å². The van der Waals surface area contributed by atoms with E-state index in [1.165, 1.54) is 186 Å². The Morgan fingerprint density at radius 2 is 0.645 bits per heavy atom. The van der Waals surface area contributed by atoms with Gasteiger partial charge in [0, 0.05) is 6.42 Å². The van der Waals surface area contributed by atoms with Crippen molar-refractivity contribution in [1.82, 2.24) is 5.32 Å². The number of aliphatic hydroxyl groups is 11. The van der Waals surface area contributed by atoms with E-state index in [9.17, 15) is 61.0 Å². The molecule has 3 heterocycles. The van der Waals surface area contributed by atoms with Crippen LogP contribution >= 0.6 is 0 Å². The zero-order valence-corrected chi connectivity index (χ0v) is 66.6.